The fourth-order valence-electron chi connectivity index (χ4n) is 8.52. The number of Topliss-reactive ketones (excluding diaryl/α,β-unsaturated/α-hetero) is 1. The summed E-state index contributed by atoms with van der Waals surface area (Å²) in [4.78, 5) is 16.9. The number of hydrogen-bond acceptors (Lipinski definition) is 5. The molecule has 5 nitrogen and oxygen atoms in total. The molecule has 1 saturated heterocycles. The van der Waals surface area contributed by atoms with E-state index in [4.69, 9.17) is 4.74 Å². The lowest BCUT2D eigenvalue weighted by Gasteiger charge is -2.65. The zero-order chi connectivity index (χ0) is 22.2. The highest BCUT2D eigenvalue weighted by atomic mass is 16.5. The van der Waals surface area contributed by atoms with Crippen molar-refractivity contribution >= 4 is 5.78 Å². The van der Waals surface area contributed by atoms with Crippen LogP contribution in [0.3, 0.4) is 0 Å². The minimum atomic E-state index is -1.05. The summed E-state index contributed by atoms with van der Waals surface area (Å²) in [6.07, 6.45) is 5.12. The van der Waals surface area contributed by atoms with Crippen molar-refractivity contribution in [1.29, 1.82) is 0 Å². The zero-order valence-corrected chi connectivity index (χ0v) is 18.7. The lowest BCUT2D eigenvalue weighted by Crippen LogP contribution is -2.79. The Bertz CT molecular complexity index is 1210. The van der Waals surface area contributed by atoms with Crippen LogP contribution in [-0.4, -0.2) is 51.7 Å². The van der Waals surface area contributed by atoms with Crippen LogP contribution >= 0.6 is 0 Å². The van der Waals surface area contributed by atoms with Crippen LogP contribution < -0.4 is 4.74 Å². The molecular weight excluding hydrogens is 414 g/mol. The largest absolute Gasteiger partial charge is 0.504 e. The van der Waals surface area contributed by atoms with E-state index in [-0.39, 0.29) is 17.6 Å². The van der Waals surface area contributed by atoms with E-state index < -0.39 is 22.5 Å². The van der Waals surface area contributed by atoms with Crippen LogP contribution in [-0.2, 0) is 29.5 Å². The van der Waals surface area contributed by atoms with Gasteiger partial charge in [-0.15, -0.1) is 0 Å². The van der Waals surface area contributed by atoms with Gasteiger partial charge in [-0.05, 0) is 80.2 Å². The monoisotopic (exact) mass is 443 g/mol. The average Bonchev–Trinajstić information content (AvgIpc) is 3.42. The third kappa shape index (κ3) is 2.11. The molecule has 0 aromatic heterocycles. The van der Waals surface area contributed by atoms with Crippen LogP contribution in [0.1, 0.15) is 47.9 Å². The fraction of sp³-hybridized carbons (Fsp3) is 0.536. The summed E-state index contributed by atoms with van der Waals surface area (Å²) >= 11 is 0. The van der Waals surface area contributed by atoms with Crippen LogP contribution in [0.2, 0.25) is 0 Å². The van der Waals surface area contributed by atoms with Gasteiger partial charge in [0.25, 0.3) is 0 Å². The van der Waals surface area contributed by atoms with Gasteiger partial charge in [0.2, 0.25) is 0 Å². The third-order valence-corrected chi connectivity index (χ3v) is 10.1. The first-order valence-electron chi connectivity index (χ1n) is 12.5. The Morgan fingerprint density at radius 3 is 2.55 bits per heavy atom. The second-order valence-corrected chi connectivity index (χ2v) is 11.7. The van der Waals surface area contributed by atoms with Gasteiger partial charge in [0.1, 0.15) is 0 Å². The normalized spacial score (nSPS) is 37.1. The number of fused-ring (bicyclic) bond motifs is 1. The molecular formula is C28H29NO4. The number of carbonyl (C=O) groups is 1. The number of ether oxygens (including phenoxy) is 1. The molecule has 5 heteroatoms. The molecule has 170 valence electrons. The Hall–Kier alpha value is -2.37. The van der Waals surface area contributed by atoms with Crippen molar-refractivity contribution < 1.29 is 19.7 Å². The summed E-state index contributed by atoms with van der Waals surface area (Å²) in [7, 11) is 0. The second-order valence-electron chi connectivity index (χ2n) is 11.7. The Kier molecular flexibility index (Phi) is 3.35. The minimum Gasteiger partial charge on any atom is -0.504 e. The molecule has 0 amide bonds. The lowest BCUT2D eigenvalue weighted by molar-refractivity contribution is -0.209. The van der Waals surface area contributed by atoms with Gasteiger partial charge in [0.15, 0.2) is 23.4 Å². The summed E-state index contributed by atoms with van der Waals surface area (Å²) in [6, 6.07) is 12.0. The summed E-state index contributed by atoms with van der Waals surface area (Å²) in [6.45, 7) is 1.91. The zero-order valence-electron chi connectivity index (χ0n) is 18.7. The number of likely N-dealkylation sites (tertiary alicyclic amines) is 1. The van der Waals surface area contributed by atoms with E-state index in [0.717, 1.165) is 36.6 Å². The number of ketones is 1. The molecule has 6 aliphatic rings. The Labute approximate surface area is 193 Å². The number of piperidine rings is 1. The number of rotatable bonds is 2. The van der Waals surface area contributed by atoms with Crippen molar-refractivity contribution in [3.63, 3.8) is 0 Å². The molecule has 33 heavy (non-hydrogen) atoms. The molecule has 4 aliphatic carbocycles. The molecule has 2 aliphatic heterocycles. The van der Waals surface area contributed by atoms with Crippen LogP contribution in [0, 0.1) is 11.3 Å². The number of benzene rings is 2. The maximum atomic E-state index is 14.3. The van der Waals surface area contributed by atoms with Crippen LogP contribution in [0.4, 0.5) is 0 Å². The van der Waals surface area contributed by atoms with Gasteiger partial charge in [0.05, 0.1) is 11.0 Å². The summed E-state index contributed by atoms with van der Waals surface area (Å²) in [5.41, 5.74) is 2.07. The Balaban J connectivity index is 1.33. The number of aliphatic hydroxyl groups is 1. The first kappa shape index (κ1) is 19.0. The molecule has 0 unspecified atom stereocenters. The first-order valence-corrected chi connectivity index (χ1v) is 12.5. The van der Waals surface area contributed by atoms with E-state index >= 15 is 0 Å². The van der Waals surface area contributed by atoms with Crippen molar-refractivity contribution in [3.05, 3.63) is 58.7 Å². The highest BCUT2D eigenvalue weighted by Gasteiger charge is 2.77. The van der Waals surface area contributed by atoms with Crippen LogP contribution in [0.15, 0.2) is 36.4 Å². The van der Waals surface area contributed by atoms with Crippen LogP contribution in [0.25, 0.3) is 0 Å². The molecule has 2 saturated carbocycles. The number of phenolic OH excluding ortho intramolecular Hbond substituents is 1. The van der Waals surface area contributed by atoms with E-state index in [2.05, 4.69) is 17.0 Å². The first-order chi connectivity index (χ1) is 16.0. The molecule has 4 atom stereocenters. The highest BCUT2D eigenvalue weighted by Crippen LogP contribution is 2.68. The third-order valence-electron chi connectivity index (χ3n) is 10.1. The fourth-order valence-corrected chi connectivity index (χ4v) is 8.52. The van der Waals surface area contributed by atoms with E-state index in [1.54, 1.807) is 6.07 Å². The van der Waals surface area contributed by atoms with Crippen molar-refractivity contribution in [2.45, 2.75) is 68.1 Å². The second kappa shape index (κ2) is 5.81. The SMILES string of the molecule is O=C1[C@@H]2Oc3c(O)ccc4c3[C@@]23CCN(CC2CC2)[C@@H](C4)[C@]3(O)CC12Cc1ccccc1C2. The van der Waals surface area contributed by atoms with E-state index in [1.807, 2.05) is 18.2 Å². The molecule has 0 radical (unpaired) electrons. The number of nitrogens with zero attached hydrogens (tertiary/aromatic N) is 1. The summed E-state index contributed by atoms with van der Waals surface area (Å²) in [5, 5.41) is 23.6. The molecule has 2 aromatic rings. The van der Waals surface area contributed by atoms with E-state index in [1.165, 1.54) is 24.0 Å². The van der Waals surface area contributed by atoms with Gasteiger partial charge in [-0.2, -0.15) is 0 Å². The van der Waals surface area contributed by atoms with E-state index in [0.29, 0.717) is 31.4 Å². The van der Waals surface area contributed by atoms with Gasteiger partial charge < -0.3 is 14.9 Å². The van der Waals surface area contributed by atoms with Crippen molar-refractivity contribution in [2.75, 3.05) is 13.1 Å². The minimum absolute atomic E-state index is 0.0189. The quantitative estimate of drug-likeness (QED) is 0.747. The highest BCUT2D eigenvalue weighted by molar-refractivity contribution is 5.96. The molecule has 2 N–H and O–H groups in total. The smallest absolute Gasteiger partial charge is 0.181 e. The number of hydrogen-bond donors (Lipinski definition) is 2. The topological polar surface area (TPSA) is 70.0 Å². The molecule has 2 aromatic carbocycles. The molecule has 2 heterocycles. The van der Waals surface area contributed by atoms with Crippen molar-refractivity contribution in [1.82, 2.24) is 4.90 Å². The molecule has 3 fully saturated rings. The standard InChI is InChI=1S/C28H29NO4/c30-20-8-7-17-11-21-28(32)15-26(12-18-3-1-2-4-19(18)13-26)24(31)25-27(28,22(17)23(20)33-25)9-10-29(21)14-16-5-6-16/h1-4,7-8,16,21,25,30,32H,5-6,9-15H2/t21-,25-,27-,28+/m0/s1. The van der Waals surface area contributed by atoms with Gasteiger partial charge in [0, 0.05) is 23.6 Å². The van der Waals surface area contributed by atoms with Crippen molar-refractivity contribution in [3.8, 4) is 11.5 Å². The van der Waals surface area contributed by atoms with E-state index in [9.17, 15) is 15.0 Å². The van der Waals surface area contributed by atoms with Gasteiger partial charge in [-0.25, -0.2) is 0 Å². The maximum Gasteiger partial charge on any atom is 0.181 e. The van der Waals surface area contributed by atoms with Gasteiger partial charge in [-0.1, -0.05) is 30.3 Å². The average molecular weight is 444 g/mol. The van der Waals surface area contributed by atoms with Crippen LogP contribution in [0.5, 0.6) is 11.5 Å². The molecule has 2 spiro atoms. The summed E-state index contributed by atoms with van der Waals surface area (Å²) in [5.74, 6) is 1.41. The Morgan fingerprint density at radius 1 is 1.06 bits per heavy atom. The number of carbonyl (C=O) groups excluding carboxylic acids is 1. The maximum absolute atomic E-state index is 14.3. The Morgan fingerprint density at radius 2 is 1.82 bits per heavy atom. The lowest BCUT2D eigenvalue weighted by atomic mass is 9.44. The molecule has 8 rings (SSSR count). The van der Waals surface area contributed by atoms with Crippen molar-refractivity contribution in [2.24, 2.45) is 11.3 Å². The number of phenols is 1. The predicted molar refractivity (Wildman–Crippen MR) is 121 cm³/mol. The number of aromatic hydroxyl groups is 1. The van der Waals surface area contributed by atoms with Gasteiger partial charge >= 0.3 is 0 Å². The summed E-state index contributed by atoms with van der Waals surface area (Å²) < 4.78 is 6.42. The predicted octanol–water partition coefficient (Wildman–Crippen LogP) is 2.92. The van der Waals surface area contributed by atoms with Gasteiger partial charge in [-0.3, -0.25) is 9.69 Å². The molecule has 2 bridgehead atoms.